The van der Waals surface area contributed by atoms with E-state index in [0.29, 0.717) is 21.4 Å². The maximum absolute atomic E-state index is 13.0. The summed E-state index contributed by atoms with van der Waals surface area (Å²) in [6.07, 6.45) is -0.153. The molecular weight excluding hydrogens is 448 g/mol. The Bertz CT molecular complexity index is 1240. The summed E-state index contributed by atoms with van der Waals surface area (Å²) in [5, 5.41) is 0. The number of hydrogen-bond acceptors (Lipinski definition) is 8. The van der Waals surface area contributed by atoms with Crippen LogP contribution in [0.15, 0.2) is 41.3 Å². The normalized spacial score (nSPS) is 17.2. The van der Waals surface area contributed by atoms with E-state index in [1.54, 1.807) is 25.1 Å². The van der Waals surface area contributed by atoms with E-state index in [2.05, 4.69) is 4.72 Å². The molecule has 0 aliphatic carbocycles. The van der Waals surface area contributed by atoms with Crippen LogP contribution in [0.25, 0.3) is 0 Å². The number of nitrogens with one attached hydrogen (secondary N) is 1. The number of fused-ring (bicyclic) bond motifs is 1. The first-order chi connectivity index (χ1) is 14.7. The minimum atomic E-state index is -4.11. The molecule has 31 heavy (non-hydrogen) atoms. The number of ether oxygens (including phenoxy) is 3. The van der Waals surface area contributed by atoms with E-state index in [9.17, 15) is 21.6 Å². The van der Waals surface area contributed by atoms with Crippen molar-refractivity contribution in [1.82, 2.24) is 4.72 Å². The first-order valence-electron chi connectivity index (χ1n) is 9.42. The van der Waals surface area contributed by atoms with Crippen LogP contribution in [-0.2, 0) is 31.4 Å². The van der Waals surface area contributed by atoms with Crippen LogP contribution >= 0.6 is 0 Å². The number of carbonyl (C=O) groups is 1. The molecule has 2 heterocycles. The van der Waals surface area contributed by atoms with Crippen molar-refractivity contribution >= 4 is 31.6 Å². The molecule has 2 aliphatic heterocycles. The quantitative estimate of drug-likeness (QED) is 0.645. The van der Waals surface area contributed by atoms with Crippen LogP contribution in [0.5, 0.6) is 17.2 Å². The molecule has 2 aromatic rings. The Balaban J connectivity index is 1.65. The lowest BCUT2D eigenvalue weighted by atomic mass is 10.2. The second kappa shape index (κ2) is 8.02. The summed E-state index contributed by atoms with van der Waals surface area (Å²) in [7, 11) is -7.95. The van der Waals surface area contributed by atoms with Crippen LogP contribution in [0.2, 0.25) is 0 Å². The molecule has 0 bridgehead atoms. The third-order valence-corrected chi connectivity index (χ3v) is 7.85. The fourth-order valence-electron chi connectivity index (χ4n) is 3.28. The lowest BCUT2D eigenvalue weighted by Gasteiger charge is -2.18. The molecule has 0 spiro atoms. The predicted molar refractivity (Wildman–Crippen MR) is 110 cm³/mol. The number of carbonyl (C=O) groups excluding carboxylic acids is 1. The number of amides is 1. The van der Waals surface area contributed by atoms with E-state index < -0.39 is 26.0 Å². The highest BCUT2D eigenvalue weighted by molar-refractivity contribution is 7.94. The Hall–Kier alpha value is -2.83. The smallest absolute Gasteiger partial charge is 0.244 e. The first kappa shape index (κ1) is 21.4. The Morgan fingerprint density at radius 2 is 1.90 bits per heavy atom. The zero-order valence-electron chi connectivity index (χ0n) is 16.5. The van der Waals surface area contributed by atoms with Gasteiger partial charge in [0.2, 0.25) is 32.7 Å². The van der Waals surface area contributed by atoms with Gasteiger partial charge in [0.05, 0.1) is 18.0 Å². The van der Waals surface area contributed by atoms with Crippen molar-refractivity contribution < 1.29 is 35.8 Å². The summed E-state index contributed by atoms with van der Waals surface area (Å²) >= 11 is 0. The minimum absolute atomic E-state index is 0.0459. The molecule has 0 saturated carbocycles. The summed E-state index contributed by atoms with van der Waals surface area (Å²) in [4.78, 5) is 11.8. The van der Waals surface area contributed by atoms with Gasteiger partial charge in [0.15, 0.2) is 11.5 Å². The summed E-state index contributed by atoms with van der Waals surface area (Å²) in [5.41, 5.74) is 0.591. The van der Waals surface area contributed by atoms with Crippen molar-refractivity contribution in [2.45, 2.75) is 24.8 Å². The number of nitrogens with zero attached hydrogens (tertiary/aromatic N) is 1. The van der Waals surface area contributed by atoms with Gasteiger partial charge < -0.3 is 14.2 Å². The van der Waals surface area contributed by atoms with Crippen molar-refractivity contribution in [2.24, 2.45) is 0 Å². The highest BCUT2D eigenvalue weighted by Crippen LogP contribution is 2.34. The lowest BCUT2D eigenvalue weighted by Crippen LogP contribution is -2.30. The molecular formula is C19H20N2O8S2. The summed E-state index contributed by atoms with van der Waals surface area (Å²) < 4.78 is 69.6. The van der Waals surface area contributed by atoms with Crippen molar-refractivity contribution in [3.8, 4) is 17.2 Å². The molecule has 2 aliphatic rings. The first-order valence-corrected chi connectivity index (χ1v) is 12.5. The zero-order valence-corrected chi connectivity index (χ0v) is 18.2. The molecule has 1 saturated heterocycles. The summed E-state index contributed by atoms with van der Waals surface area (Å²) in [6.45, 7) is 1.95. The van der Waals surface area contributed by atoms with E-state index >= 15 is 0 Å². The number of benzene rings is 2. The Morgan fingerprint density at radius 1 is 1.13 bits per heavy atom. The fourth-order valence-corrected chi connectivity index (χ4v) is 5.92. The Kier molecular flexibility index (Phi) is 5.54. The SMILES string of the molecule is CCOc1ccc(N2C(=O)CCS2(=O)=O)cc1S(=O)(=O)NCc1ccc2c(c1)OCO2. The zero-order chi connectivity index (χ0) is 22.2. The van der Waals surface area contributed by atoms with Gasteiger partial charge in [-0.05, 0) is 42.8 Å². The van der Waals surface area contributed by atoms with Crippen molar-refractivity contribution in [2.75, 3.05) is 23.5 Å². The standard InChI is InChI=1S/C19H20N2O8S2/c1-2-27-16-6-4-14(21-19(22)7-8-30(21,23)24)10-18(16)31(25,26)20-11-13-3-5-15-17(9-13)29-12-28-15/h3-6,9-10,20H,2,7-8,11-12H2,1H3. The monoisotopic (exact) mass is 468 g/mol. The van der Waals surface area contributed by atoms with E-state index in [0.717, 1.165) is 6.07 Å². The number of hydrogen-bond donors (Lipinski definition) is 1. The van der Waals surface area contributed by atoms with Crippen LogP contribution in [-0.4, -0.2) is 41.9 Å². The van der Waals surface area contributed by atoms with Gasteiger partial charge in [0, 0.05) is 13.0 Å². The van der Waals surface area contributed by atoms with Crippen LogP contribution in [0.1, 0.15) is 18.9 Å². The molecule has 1 N–H and O–H groups in total. The topological polar surface area (TPSA) is 128 Å². The third kappa shape index (κ3) is 4.18. The molecule has 0 unspecified atom stereocenters. The third-order valence-electron chi connectivity index (χ3n) is 4.73. The average Bonchev–Trinajstić information content (AvgIpc) is 3.30. The van der Waals surface area contributed by atoms with Gasteiger partial charge in [-0.1, -0.05) is 6.07 Å². The van der Waals surface area contributed by atoms with E-state index in [-0.39, 0.29) is 48.5 Å². The van der Waals surface area contributed by atoms with Gasteiger partial charge in [-0.15, -0.1) is 0 Å². The maximum atomic E-state index is 13.0. The van der Waals surface area contributed by atoms with Crippen LogP contribution in [0.3, 0.4) is 0 Å². The van der Waals surface area contributed by atoms with Crippen LogP contribution in [0, 0.1) is 0 Å². The molecule has 0 radical (unpaired) electrons. The average molecular weight is 469 g/mol. The van der Waals surface area contributed by atoms with E-state index in [1.165, 1.54) is 12.1 Å². The highest BCUT2D eigenvalue weighted by atomic mass is 32.2. The second-order valence-corrected chi connectivity index (χ2v) is 10.5. The molecule has 166 valence electrons. The molecule has 4 rings (SSSR count). The molecule has 1 fully saturated rings. The van der Waals surface area contributed by atoms with E-state index in [1.807, 2.05) is 0 Å². The fraction of sp³-hybridized carbons (Fsp3) is 0.316. The second-order valence-electron chi connectivity index (χ2n) is 6.80. The molecule has 0 atom stereocenters. The van der Waals surface area contributed by atoms with Crippen LogP contribution in [0.4, 0.5) is 5.69 Å². The van der Waals surface area contributed by atoms with E-state index in [4.69, 9.17) is 14.2 Å². The van der Waals surface area contributed by atoms with Gasteiger partial charge >= 0.3 is 0 Å². The van der Waals surface area contributed by atoms with Crippen LogP contribution < -0.4 is 23.2 Å². The van der Waals surface area contributed by atoms with Gasteiger partial charge in [-0.25, -0.2) is 25.9 Å². The molecule has 10 nitrogen and oxygen atoms in total. The largest absolute Gasteiger partial charge is 0.492 e. The summed E-state index contributed by atoms with van der Waals surface area (Å²) in [6, 6.07) is 8.87. The predicted octanol–water partition coefficient (Wildman–Crippen LogP) is 1.36. The van der Waals surface area contributed by atoms with Gasteiger partial charge in [-0.2, -0.15) is 0 Å². The molecule has 0 aromatic heterocycles. The minimum Gasteiger partial charge on any atom is -0.492 e. The molecule has 12 heteroatoms. The van der Waals surface area contributed by atoms with Crippen molar-refractivity contribution in [3.05, 3.63) is 42.0 Å². The Labute approximate surface area is 179 Å². The van der Waals surface area contributed by atoms with Gasteiger partial charge in [0.1, 0.15) is 10.6 Å². The number of sulfonamides is 2. The maximum Gasteiger partial charge on any atom is 0.244 e. The lowest BCUT2D eigenvalue weighted by molar-refractivity contribution is -0.116. The molecule has 1 amide bonds. The number of anilines is 1. The Morgan fingerprint density at radius 3 is 2.61 bits per heavy atom. The van der Waals surface area contributed by atoms with Gasteiger partial charge in [0.25, 0.3) is 0 Å². The molecule has 2 aromatic carbocycles. The summed E-state index contributed by atoms with van der Waals surface area (Å²) in [5.74, 6) is 0.221. The van der Waals surface area contributed by atoms with Crippen molar-refractivity contribution in [3.63, 3.8) is 0 Å². The highest BCUT2D eigenvalue weighted by Gasteiger charge is 2.37. The van der Waals surface area contributed by atoms with Crippen molar-refractivity contribution in [1.29, 1.82) is 0 Å². The number of rotatable bonds is 7. The van der Waals surface area contributed by atoms with Gasteiger partial charge in [-0.3, -0.25) is 4.79 Å².